The van der Waals surface area contributed by atoms with Gasteiger partial charge in [0.25, 0.3) is 11.8 Å². The third-order valence-electron chi connectivity index (χ3n) is 9.05. The molecule has 0 saturated carbocycles. The third kappa shape index (κ3) is 13.4. The number of nitrogens with zero attached hydrogens (tertiary/aromatic N) is 3. The van der Waals surface area contributed by atoms with Crippen molar-refractivity contribution in [3.05, 3.63) is 95.8 Å². The van der Waals surface area contributed by atoms with E-state index in [1.807, 2.05) is 55.7 Å². The largest absolute Gasteiger partial charge is 0.490 e. The Bertz CT molecular complexity index is 2080. The van der Waals surface area contributed by atoms with Crippen molar-refractivity contribution in [2.45, 2.75) is 70.9 Å². The molecule has 6 N–H and O–H groups in total. The van der Waals surface area contributed by atoms with Crippen LogP contribution in [0.25, 0.3) is 11.1 Å². The molecule has 1 aromatic heterocycles. The van der Waals surface area contributed by atoms with E-state index in [-0.39, 0.29) is 31.4 Å². The first kappa shape index (κ1) is 48.1. The number of amides is 4. The van der Waals surface area contributed by atoms with Gasteiger partial charge in [-0.05, 0) is 48.1 Å². The van der Waals surface area contributed by atoms with Gasteiger partial charge in [-0.1, -0.05) is 51.1 Å². The Morgan fingerprint density at radius 1 is 0.900 bits per heavy atom. The highest BCUT2D eigenvalue weighted by Crippen LogP contribution is 2.41. The number of alkyl halides is 3. The Labute approximate surface area is 340 Å². The van der Waals surface area contributed by atoms with Crippen molar-refractivity contribution in [1.29, 1.82) is 0 Å². The fourth-order valence-electron chi connectivity index (χ4n) is 6.19. The topological polar surface area (TPSA) is 230 Å². The predicted molar refractivity (Wildman–Crippen MR) is 202 cm³/mol. The molecule has 0 saturated heterocycles. The summed E-state index contributed by atoms with van der Waals surface area (Å²) < 4.78 is 62.9. The van der Waals surface area contributed by atoms with Gasteiger partial charge in [-0.2, -0.15) is 13.2 Å². The number of carboxylic acids is 2. The van der Waals surface area contributed by atoms with Crippen LogP contribution in [0.1, 0.15) is 57.3 Å². The molecule has 4 rings (SSSR count). The van der Waals surface area contributed by atoms with Gasteiger partial charge in [0.15, 0.2) is 5.78 Å². The zero-order valence-corrected chi connectivity index (χ0v) is 32.6. The van der Waals surface area contributed by atoms with Gasteiger partial charge in [-0.25, -0.2) is 18.4 Å². The Kier molecular flexibility index (Phi) is 16.5. The summed E-state index contributed by atoms with van der Waals surface area (Å²) >= 11 is 0. The molecule has 0 radical (unpaired) electrons. The summed E-state index contributed by atoms with van der Waals surface area (Å²) in [6.07, 6.45) is -2.27. The van der Waals surface area contributed by atoms with Crippen molar-refractivity contribution in [2.75, 3.05) is 19.7 Å². The Morgan fingerprint density at radius 2 is 1.50 bits per heavy atom. The number of aromatic nitrogens is 1. The summed E-state index contributed by atoms with van der Waals surface area (Å²) in [7, 11) is 0. The van der Waals surface area contributed by atoms with E-state index < -0.39 is 95.9 Å². The van der Waals surface area contributed by atoms with Gasteiger partial charge >= 0.3 is 18.1 Å². The molecule has 2 aromatic carbocycles. The number of nitrogens with two attached hydrogens (primary N) is 1. The average Bonchev–Trinajstić information content (AvgIpc) is 3.72. The molecule has 0 bridgehead atoms. The standard InChI is InChI=1S/C38H43F2N5O8.C2HF3O2/c1-38(2,3)35(31-17-24(27-18-25(39)9-11-28(27)40)20-43(31)19-23-7-5-4-6-8-23)44(34(50)22-46)16-15-29(41)36(51)42-30(37(52)53)12-10-26(47)21-45-32(48)13-14-33(45)49;3-2(4,5)1(6)7/h4-9,11,13-14,17-18,20,29-30,35,46H,10,12,15-16,19,21-22,41H2,1-3H3,(H,42,51)(H,52,53);(H,6,7)/t29-,30+,35-;/m0./s1. The number of nitrogens with one attached hydrogen (secondary N) is 1. The molecule has 3 aromatic rings. The van der Waals surface area contributed by atoms with Gasteiger partial charge in [0, 0.05) is 54.7 Å². The molecule has 324 valence electrons. The minimum atomic E-state index is -5.08. The fraction of sp³-hybridized carbons (Fsp3) is 0.375. The number of benzene rings is 2. The quantitative estimate of drug-likeness (QED) is 0.0974. The molecular formula is C40H44F5N5O10. The van der Waals surface area contributed by atoms with Crippen molar-refractivity contribution in [3.8, 4) is 11.1 Å². The van der Waals surface area contributed by atoms with E-state index in [1.54, 1.807) is 12.3 Å². The Hall–Kier alpha value is -6.28. The lowest BCUT2D eigenvalue weighted by molar-refractivity contribution is -0.192. The molecule has 15 nitrogen and oxygen atoms in total. The highest BCUT2D eigenvalue weighted by molar-refractivity contribution is 6.14. The van der Waals surface area contributed by atoms with Crippen molar-refractivity contribution in [3.63, 3.8) is 0 Å². The second kappa shape index (κ2) is 20.6. The Balaban J connectivity index is 0.00000126. The van der Waals surface area contributed by atoms with Crippen molar-refractivity contribution < 1.29 is 70.8 Å². The number of aliphatic carboxylic acids is 2. The summed E-state index contributed by atoms with van der Waals surface area (Å²) in [6, 6.07) is 10.4. The number of imide groups is 1. The number of carbonyl (C=O) groups excluding carboxylic acids is 5. The average molecular weight is 850 g/mol. The van der Waals surface area contributed by atoms with Crippen molar-refractivity contribution in [2.24, 2.45) is 11.1 Å². The molecule has 0 aliphatic carbocycles. The number of Topliss-reactive ketones (excluding diaryl/α,β-unsaturated/α-hetero) is 1. The van der Waals surface area contributed by atoms with E-state index >= 15 is 4.39 Å². The van der Waals surface area contributed by atoms with Crippen LogP contribution in [0.2, 0.25) is 0 Å². The summed E-state index contributed by atoms with van der Waals surface area (Å²) in [5, 5.41) is 29.2. The van der Waals surface area contributed by atoms with Gasteiger partial charge in [-0.15, -0.1) is 0 Å². The van der Waals surface area contributed by atoms with Crippen LogP contribution in [0, 0.1) is 17.0 Å². The lowest BCUT2D eigenvalue weighted by Gasteiger charge is -2.41. The Morgan fingerprint density at radius 3 is 2.03 bits per heavy atom. The molecule has 0 unspecified atom stereocenters. The van der Waals surface area contributed by atoms with Gasteiger partial charge < -0.3 is 35.8 Å². The summed E-state index contributed by atoms with van der Waals surface area (Å²) in [6.45, 7) is 4.26. The second-order valence-corrected chi connectivity index (χ2v) is 14.7. The first-order valence-electron chi connectivity index (χ1n) is 18.2. The number of aliphatic hydroxyl groups excluding tert-OH is 1. The van der Waals surface area contributed by atoms with E-state index in [0.717, 1.165) is 40.8 Å². The highest BCUT2D eigenvalue weighted by atomic mass is 19.4. The second-order valence-electron chi connectivity index (χ2n) is 14.7. The molecule has 3 atom stereocenters. The molecule has 20 heteroatoms. The molecule has 1 aliphatic heterocycles. The van der Waals surface area contributed by atoms with Gasteiger partial charge in [0.05, 0.1) is 18.6 Å². The lowest BCUT2D eigenvalue weighted by atomic mass is 9.82. The molecule has 0 spiro atoms. The zero-order valence-electron chi connectivity index (χ0n) is 32.6. The molecule has 4 amide bonds. The maximum absolute atomic E-state index is 15.0. The van der Waals surface area contributed by atoms with Crippen LogP contribution in [0.5, 0.6) is 0 Å². The number of hydrogen-bond acceptors (Lipinski definition) is 9. The fourth-order valence-corrected chi connectivity index (χ4v) is 6.19. The SMILES string of the molecule is CC(C)(C)[C@H](c1cc(-c2cc(F)ccc2F)cn1Cc1ccccc1)N(CC[C@H](N)C(=O)N[C@H](CCC(=O)CN1C(=O)C=CC1=O)C(=O)O)C(=O)CO.O=C(O)C(F)(F)F. The van der Waals surface area contributed by atoms with E-state index in [4.69, 9.17) is 15.6 Å². The molecule has 60 heavy (non-hydrogen) atoms. The van der Waals surface area contributed by atoms with Crippen LogP contribution in [0.4, 0.5) is 22.0 Å². The first-order chi connectivity index (χ1) is 27.9. The van der Waals surface area contributed by atoms with Crippen LogP contribution in [-0.2, 0) is 40.1 Å². The van der Waals surface area contributed by atoms with Gasteiger partial charge in [0.2, 0.25) is 11.8 Å². The van der Waals surface area contributed by atoms with E-state index in [2.05, 4.69) is 5.32 Å². The minimum Gasteiger partial charge on any atom is -0.480 e. The number of aliphatic hydroxyl groups is 1. The zero-order chi connectivity index (χ0) is 45.1. The number of hydrogen-bond donors (Lipinski definition) is 5. The maximum Gasteiger partial charge on any atom is 0.490 e. The highest BCUT2D eigenvalue weighted by Gasteiger charge is 2.39. The molecular weight excluding hydrogens is 805 g/mol. The first-order valence-corrected chi connectivity index (χ1v) is 18.2. The number of rotatable bonds is 17. The van der Waals surface area contributed by atoms with Crippen LogP contribution >= 0.6 is 0 Å². The molecule has 1 aliphatic rings. The van der Waals surface area contributed by atoms with Crippen LogP contribution < -0.4 is 11.1 Å². The lowest BCUT2D eigenvalue weighted by Crippen LogP contribution is -2.51. The van der Waals surface area contributed by atoms with Crippen LogP contribution in [0.15, 0.2) is 72.9 Å². The van der Waals surface area contributed by atoms with Crippen LogP contribution in [0.3, 0.4) is 0 Å². The van der Waals surface area contributed by atoms with Gasteiger partial charge in [-0.3, -0.25) is 28.9 Å². The molecule has 2 heterocycles. The normalized spacial score (nSPS) is 14.2. The van der Waals surface area contributed by atoms with Gasteiger partial charge in [0.1, 0.15) is 24.3 Å². The number of ketones is 1. The van der Waals surface area contributed by atoms with E-state index in [9.17, 15) is 56.5 Å². The summed E-state index contributed by atoms with van der Waals surface area (Å²) in [4.78, 5) is 85.4. The predicted octanol–water partition coefficient (Wildman–Crippen LogP) is 3.58. The van der Waals surface area contributed by atoms with Crippen molar-refractivity contribution >= 4 is 41.4 Å². The number of carboxylic acid groups (broad SMARTS) is 2. The monoisotopic (exact) mass is 849 g/mol. The molecule has 0 fully saturated rings. The maximum atomic E-state index is 15.0. The van der Waals surface area contributed by atoms with E-state index in [1.165, 1.54) is 4.90 Å². The number of carbonyl (C=O) groups is 7. The van der Waals surface area contributed by atoms with Crippen LogP contribution in [-0.4, -0.2) is 109 Å². The van der Waals surface area contributed by atoms with E-state index in [0.29, 0.717) is 17.8 Å². The summed E-state index contributed by atoms with van der Waals surface area (Å²) in [5.74, 6) is -8.98. The third-order valence-corrected chi connectivity index (χ3v) is 9.05. The number of halogens is 5. The summed E-state index contributed by atoms with van der Waals surface area (Å²) in [5.41, 5.74) is 7.24. The smallest absolute Gasteiger partial charge is 0.480 e. The minimum absolute atomic E-state index is 0.00849. The van der Waals surface area contributed by atoms with Crippen molar-refractivity contribution in [1.82, 2.24) is 19.7 Å².